The molecule has 19 heavy (non-hydrogen) atoms. The predicted molar refractivity (Wildman–Crippen MR) is 77.6 cm³/mol. The molecule has 0 spiro atoms. The minimum Gasteiger partial charge on any atom is -0.389 e. The van der Waals surface area contributed by atoms with Crippen LogP contribution in [0.5, 0.6) is 0 Å². The quantitative estimate of drug-likeness (QED) is 0.858. The third-order valence-electron chi connectivity index (χ3n) is 3.67. The molecule has 0 amide bonds. The van der Waals surface area contributed by atoms with E-state index >= 15 is 0 Å². The first-order valence-corrected chi connectivity index (χ1v) is 6.80. The van der Waals surface area contributed by atoms with Gasteiger partial charge < -0.3 is 10.5 Å². The van der Waals surface area contributed by atoms with Gasteiger partial charge in [-0.15, -0.1) is 0 Å². The van der Waals surface area contributed by atoms with Gasteiger partial charge in [0.15, 0.2) is 0 Å². The van der Waals surface area contributed by atoms with E-state index in [1.807, 2.05) is 7.05 Å². The van der Waals surface area contributed by atoms with Gasteiger partial charge in [0.1, 0.15) is 10.8 Å². The highest BCUT2D eigenvalue weighted by molar-refractivity contribution is 7.80. The minimum absolute atomic E-state index is 0.0968. The molecule has 1 aromatic carbocycles. The van der Waals surface area contributed by atoms with Gasteiger partial charge in [-0.1, -0.05) is 24.4 Å². The molecule has 2 atom stereocenters. The zero-order valence-electron chi connectivity index (χ0n) is 11.2. The molecule has 5 heteroatoms. The standard InChI is InChI=1S/C14H19FN2OS/c1-9-12(6-7-18-9)17(2)8-10-4-3-5-11(13(10)15)14(16)19/h3-5,9,12H,6-8H2,1-2H3,(H2,16,19). The molecule has 2 N–H and O–H groups in total. The summed E-state index contributed by atoms with van der Waals surface area (Å²) in [6.45, 7) is 3.35. The van der Waals surface area contributed by atoms with Crippen LogP contribution in [0.2, 0.25) is 0 Å². The molecule has 1 heterocycles. The number of ether oxygens (including phenoxy) is 1. The summed E-state index contributed by atoms with van der Waals surface area (Å²) in [5.41, 5.74) is 6.45. The molecule has 0 aromatic heterocycles. The zero-order chi connectivity index (χ0) is 14.0. The van der Waals surface area contributed by atoms with Crippen LogP contribution in [0, 0.1) is 5.82 Å². The van der Waals surface area contributed by atoms with Crippen LogP contribution in [-0.4, -0.2) is 35.7 Å². The molecule has 1 aliphatic rings. The number of likely N-dealkylation sites (N-methyl/N-ethyl adjacent to an activating group) is 1. The molecular weight excluding hydrogens is 263 g/mol. The van der Waals surface area contributed by atoms with Crippen LogP contribution in [-0.2, 0) is 11.3 Å². The molecule has 2 unspecified atom stereocenters. The lowest BCUT2D eigenvalue weighted by Crippen LogP contribution is -2.36. The largest absolute Gasteiger partial charge is 0.389 e. The number of halogens is 1. The molecule has 2 rings (SSSR count). The number of rotatable bonds is 4. The number of hydrogen-bond donors (Lipinski definition) is 1. The fourth-order valence-corrected chi connectivity index (χ4v) is 2.74. The number of thiocarbonyl (C=S) groups is 1. The van der Waals surface area contributed by atoms with E-state index in [-0.39, 0.29) is 16.9 Å². The van der Waals surface area contributed by atoms with Gasteiger partial charge in [0.2, 0.25) is 0 Å². The Kier molecular flexibility index (Phi) is 4.50. The smallest absolute Gasteiger partial charge is 0.137 e. The van der Waals surface area contributed by atoms with E-state index in [1.165, 1.54) is 0 Å². The summed E-state index contributed by atoms with van der Waals surface area (Å²) in [6.07, 6.45) is 1.17. The SMILES string of the molecule is CC1OCCC1N(C)Cc1cccc(C(N)=S)c1F. The van der Waals surface area contributed by atoms with Crippen LogP contribution in [0.3, 0.4) is 0 Å². The van der Waals surface area contributed by atoms with Crippen molar-refractivity contribution in [3.05, 3.63) is 35.1 Å². The van der Waals surface area contributed by atoms with Gasteiger partial charge in [0, 0.05) is 30.3 Å². The van der Waals surface area contributed by atoms with E-state index in [9.17, 15) is 4.39 Å². The van der Waals surface area contributed by atoms with Crippen molar-refractivity contribution < 1.29 is 9.13 Å². The molecule has 1 aliphatic heterocycles. The monoisotopic (exact) mass is 282 g/mol. The number of nitrogens with two attached hydrogens (primary N) is 1. The van der Waals surface area contributed by atoms with Crippen LogP contribution in [0.1, 0.15) is 24.5 Å². The average molecular weight is 282 g/mol. The number of nitrogens with zero attached hydrogens (tertiary/aromatic N) is 1. The van der Waals surface area contributed by atoms with E-state index in [4.69, 9.17) is 22.7 Å². The highest BCUT2D eigenvalue weighted by Gasteiger charge is 2.28. The van der Waals surface area contributed by atoms with Gasteiger partial charge >= 0.3 is 0 Å². The molecular formula is C14H19FN2OS. The maximum Gasteiger partial charge on any atom is 0.137 e. The zero-order valence-corrected chi connectivity index (χ0v) is 12.0. The second-order valence-electron chi connectivity index (χ2n) is 4.99. The lowest BCUT2D eigenvalue weighted by Gasteiger charge is -2.26. The highest BCUT2D eigenvalue weighted by atomic mass is 32.1. The Hall–Kier alpha value is -1.04. The van der Waals surface area contributed by atoms with E-state index in [0.29, 0.717) is 23.7 Å². The summed E-state index contributed by atoms with van der Waals surface area (Å²) >= 11 is 4.85. The summed E-state index contributed by atoms with van der Waals surface area (Å²) in [6, 6.07) is 5.50. The maximum atomic E-state index is 14.2. The molecule has 1 aromatic rings. The van der Waals surface area contributed by atoms with Crippen LogP contribution >= 0.6 is 12.2 Å². The molecule has 3 nitrogen and oxygen atoms in total. The Bertz CT molecular complexity index is 481. The predicted octanol–water partition coefficient (Wildman–Crippen LogP) is 2.07. The summed E-state index contributed by atoms with van der Waals surface area (Å²) < 4.78 is 19.8. The van der Waals surface area contributed by atoms with Crippen molar-refractivity contribution in [2.45, 2.75) is 32.0 Å². The van der Waals surface area contributed by atoms with Gasteiger partial charge in [-0.25, -0.2) is 4.39 Å². The summed E-state index contributed by atoms with van der Waals surface area (Å²) in [4.78, 5) is 2.22. The van der Waals surface area contributed by atoms with E-state index in [0.717, 1.165) is 13.0 Å². The van der Waals surface area contributed by atoms with Crippen LogP contribution < -0.4 is 5.73 Å². The second-order valence-corrected chi connectivity index (χ2v) is 5.43. The third-order valence-corrected chi connectivity index (χ3v) is 3.89. The molecule has 1 saturated heterocycles. The summed E-state index contributed by atoms with van der Waals surface area (Å²) in [7, 11) is 1.99. The lowest BCUT2D eigenvalue weighted by atomic mass is 10.1. The van der Waals surface area contributed by atoms with Gasteiger partial charge in [0.25, 0.3) is 0 Å². The van der Waals surface area contributed by atoms with Crippen molar-refractivity contribution in [2.75, 3.05) is 13.7 Å². The van der Waals surface area contributed by atoms with Gasteiger partial charge in [-0.05, 0) is 26.5 Å². The molecule has 1 fully saturated rings. The fraction of sp³-hybridized carbons (Fsp3) is 0.500. The first-order chi connectivity index (χ1) is 9.00. The summed E-state index contributed by atoms with van der Waals surface area (Å²) in [5, 5.41) is 0. The molecule has 0 saturated carbocycles. The lowest BCUT2D eigenvalue weighted by molar-refractivity contribution is 0.0811. The number of hydrogen-bond acceptors (Lipinski definition) is 3. The Morgan fingerprint density at radius 3 is 2.89 bits per heavy atom. The highest BCUT2D eigenvalue weighted by Crippen LogP contribution is 2.21. The Morgan fingerprint density at radius 1 is 1.58 bits per heavy atom. The average Bonchev–Trinajstić information content (AvgIpc) is 2.77. The fourth-order valence-electron chi connectivity index (χ4n) is 2.58. The van der Waals surface area contributed by atoms with Crippen LogP contribution in [0.4, 0.5) is 4.39 Å². The Morgan fingerprint density at radius 2 is 2.32 bits per heavy atom. The maximum absolute atomic E-state index is 14.2. The van der Waals surface area contributed by atoms with Crippen molar-refractivity contribution in [2.24, 2.45) is 5.73 Å². The first kappa shape index (κ1) is 14.4. The topological polar surface area (TPSA) is 38.5 Å². The summed E-state index contributed by atoms with van der Waals surface area (Å²) in [5.74, 6) is -0.312. The van der Waals surface area contributed by atoms with E-state index < -0.39 is 0 Å². The molecule has 0 bridgehead atoms. The Balaban J connectivity index is 2.15. The normalized spacial score (nSPS) is 22.9. The van der Waals surface area contributed by atoms with Gasteiger partial charge in [-0.2, -0.15) is 0 Å². The van der Waals surface area contributed by atoms with E-state index in [1.54, 1.807) is 18.2 Å². The number of benzene rings is 1. The molecule has 104 valence electrons. The van der Waals surface area contributed by atoms with Gasteiger partial charge in [-0.3, -0.25) is 4.90 Å². The van der Waals surface area contributed by atoms with Crippen LogP contribution in [0.25, 0.3) is 0 Å². The molecule has 0 aliphatic carbocycles. The second kappa shape index (κ2) is 5.94. The van der Waals surface area contributed by atoms with Crippen LogP contribution in [0.15, 0.2) is 18.2 Å². The van der Waals surface area contributed by atoms with Crippen molar-refractivity contribution in [1.82, 2.24) is 4.90 Å². The Labute approximate surface area is 118 Å². The minimum atomic E-state index is -0.312. The first-order valence-electron chi connectivity index (χ1n) is 6.39. The van der Waals surface area contributed by atoms with E-state index in [2.05, 4.69) is 11.8 Å². The molecule has 0 radical (unpaired) electrons. The van der Waals surface area contributed by atoms with Crippen molar-refractivity contribution >= 4 is 17.2 Å². The van der Waals surface area contributed by atoms with Crippen molar-refractivity contribution in [3.63, 3.8) is 0 Å². The van der Waals surface area contributed by atoms with Crippen molar-refractivity contribution in [1.29, 1.82) is 0 Å². The van der Waals surface area contributed by atoms with Gasteiger partial charge in [0.05, 0.1) is 6.10 Å². The van der Waals surface area contributed by atoms with Crippen molar-refractivity contribution in [3.8, 4) is 0 Å². The third kappa shape index (κ3) is 3.11.